The SMILES string of the molecule is N#Cc1ccnc(NC(C2CC2)C2CC2)c1[N+](=O)[O-]. The highest BCUT2D eigenvalue weighted by molar-refractivity contribution is 5.64. The van der Waals surface area contributed by atoms with E-state index in [0.717, 1.165) is 0 Å². The molecule has 6 nitrogen and oxygen atoms in total. The van der Waals surface area contributed by atoms with E-state index in [1.807, 2.05) is 6.07 Å². The molecule has 0 aromatic carbocycles. The van der Waals surface area contributed by atoms with Gasteiger partial charge >= 0.3 is 5.69 Å². The Morgan fingerprint density at radius 2 is 2.05 bits per heavy atom. The van der Waals surface area contributed by atoms with Crippen LogP contribution in [0.15, 0.2) is 12.3 Å². The number of nitro groups is 1. The Bertz CT molecular complexity index is 546. The molecule has 0 radical (unpaired) electrons. The van der Waals surface area contributed by atoms with Crippen LogP contribution in [0.3, 0.4) is 0 Å². The number of nitriles is 1. The molecule has 98 valence electrons. The number of nitrogens with one attached hydrogen (secondary N) is 1. The van der Waals surface area contributed by atoms with E-state index >= 15 is 0 Å². The van der Waals surface area contributed by atoms with Crippen LogP contribution in [0, 0.1) is 33.3 Å². The normalized spacial score (nSPS) is 18.1. The van der Waals surface area contributed by atoms with Gasteiger partial charge in [-0.1, -0.05) is 0 Å². The van der Waals surface area contributed by atoms with Crippen molar-refractivity contribution in [2.24, 2.45) is 11.8 Å². The topological polar surface area (TPSA) is 91.8 Å². The molecule has 2 saturated carbocycles. The maximum atomic E-state index is 11.1. The van der Waals surface area contributed by atoms with Gasteiger partial charge in [0.1, 0.15) is 11.6 Å². The van der Waals surface area contributed by atoms with Gasteiger partial charge in [0, 0.05) is 12.2 Å². The summed E-state index contributed by atoms with van der Waals surface area (Å²) in [4.78, 5) is 14.7. The third-order valence-electron chi connectivity index (χ3n) is 3.79. The Kier molecular flexibility index (Phi) is 2.82. The Hall–Kier alpha value is -2.16. The first kappa shape index (κ1) is 11.9. The van der Waals surface area contributed by atoms with Crippen molar-refractivity contribution in [3.8, 4) is 6.07 Å². The van der Waals surface area contributed by atoms with Crippen LogP contribution in [0.2, 0.25) is 0 Å². The third kappa shape index (κ3) is 2.36. The maximum absolute atomic E-state index is 11.1. The highest BCUT2D eigenvalue weighted by atomic mass is 16.6. The lowest BCUT2D eigenvalue weighted by atomic mass is 10.1. The molecule has 1 heterocycles. The van der Waals surface area contributed by atoms with E-state index in [0.29, 0.717) is 11.8 Å². The highest BCUT2D eigenvalue weighted by Gasteiger charge is 2.42. The van der Waals surface area contributed by atoms with Crippen LogP contribution in [0.25, 0.3) is 0 Å². The molecule has 0 bridgehead atoms. The largest absolute Gasteiger partial charge is 0.361 e. The molecule has 3 rings (SSSR count). The Morgan fingerprint density at radius 3 is 2.53 bits per heavy atom. The van der Waals surface area contributed by atoms with Gasteiger partial charge in [0.05, 0.1) is 4.92 Å². The van der Waals surface area contributed by atoms with Crippen LogP contribution in [0.5, 0.6) is 0 Å². The van der Waals surface area contributed by atoms with E-state index in [9.17, 15) is 10.1 Å². The Balaban J connectivity index is 1.91. The third-order valence-corrected chi connectivity index (χ3v) is 3.79. The molecule has 1 N–H and O–H groups in total. The van der Waals surface area contributed by atoms with Crippen molar-refractivity contribution in [2.45, 2.75) is 31.7 Å². The van der Waals surface area contributed by atoms with Gasteiger partial charge in [-0.15, -0.1) is 0 Å². The number of hydrogen-bond acceptors (Lipinski definition) is 5. The summed E-state index contributed by atoms with van der Waals surface area (Å²) in [5.41, 5.74) is -0.135. The molecule has 2 aliphatic rings. The van der Waals surface area contributed by atoms with Gasteiger partial charge in [-0.2, -0.15) is 5.26 Å². The summed E-state index contributed by atoms with van der Waals surface area (Å²) in [5, 5.41) is 23.3. The first-order valence-electron chi connectivity index (χ1n) is 6.50. The van der Waals surface area contributed by atoms with Gasteiger partial charge in [-0.3, -0.25) is 10.1 Å². The predicted molar refractivity (Wildman–Crippen MR) is 68.5 cm³/mol. The lowest BCUT2D eigenvalue weighted by molar-refractivity contribution is -0.384. The quantitative estimate of drug-likeness (QED) is 0.647. The molecule has 0 saturated heterocycles. The second kappa shape index (κ2) is 4.50. The molecule has 6 heteroatoms. The van der Waals surface area contributed by atoms with Crippen LogP contribution in [-0.2, 0) is 0 Å². The molecule has 0 spiro atoms. The molecule has 0 unspecified atom stereocenters. The van der Waals surface area contributed by atoms with Crippen LogP contribution in [0.4, 0.5) is 11.5 Å². The average Bonchev–Trinajstić information content (AvgIpc) is 3.28. The van der Waals surface area contributed by atoms with E-state index < -0.39 is 4.92 Å². The second-order valence-corrected chi connectivity index (χ2v) is 5.27. The second-order valence-electron chi connectivity index (χ2n) is 5.27. The lowest BCUT2D eigenvalue weighted by Gasteiger charge is -2.18. The summed E-state index contributed by atoms with van der Waals surface area (Å²) < 4.78 is 0. The number of aromatic nitrogens is 1. The number of pyridine rings is 1. The lowest BCUT2D eigenvalue weighted by Crippen LogP contribution is -2.25. The molecule has 0 amide bonds. The Labute approximate surface area is 110 Å². The molecule has 1 aromatic heterocycles. The van der Waals surface area contributed by atoms with Crippen LogP contribution in [-0.4, -0.2) is 15.9 Å². The van der Waals surface area contributed by atoms with Crippen molar-refractivity contribution >= 4 is 11.5 Å². The van der Waals surface area contributed by atoms with E-state index in [-0.39, 0.29) is 23.1 Å². The van der Waals surface area contributed by atoms with Crippen molar-refractivity contribution in [2.75, 3.05) is 5.32 Å². The van der Waals surface area contributed by atoms with Gasteiger partial charge in [-0.25, -0.2) is 4.98 Å². The first-order chi connectivity index (χ1) is 9.20. The van der Waals surface area contributed by atoms with Crippen molar-refractivity contribution in [3.05, 3.63) is 27.9 Å². The fourth-order valence-corrected chi connectivity index (χ4v) is 2.52. The van der Waals surface area contributed by atoms with Gasteiger partial charge < -0.3 is 5.32 Å². The van der Waals surface area contributed by atoms with Crippen LogP contribution < -0.4 is 5.32 Å². The van der Waals surface area contributed by atoms with E-state index in [4.69, 9.17) is 5.26 Å². The van der Waals surface area contributed by atoms with Crippen molar-refractivity contribution in [3.63, 3.8) is 0 Å². The number of nitrogens with zero attached hydrogens (tertiary/aromatic N) is 3. The predicted octanol–water partition coefficient (Wildman–Crippen LogP) is 2.46. The maximum Gasteiger partial charge on any atom is 0.328 e. The average molecular weight is 258 g/mol. The molecule has 2 aliphatic carbocycles. The van der Waals surface area contributed by atoms with Crippen LogP contribution >= 0.6 is 0 Å². The minimum absolute atomic E-state index is 0.0628. The zero-order valence-electron chi connectivity index (χ0n) is 10.4. The van der Waals surface area contributed by atoms with E-state index in [2.05, 4.69) is 10.3 Å². The van der Waals surface area contributed by atoms with Gasteiger partial charge in [-0.05, 0) is 43.6 Å². The molecule has 0 atom stereocenters. The molecule has 2 fully saturated rings. The summed E-state index contributed by atoms with van der Waals surface area (Å²) >= 11 is 0. The van der Waals surface area contributed by atoms with Crippen molar-refractivity contribution < 1.29 is 4.92 Å². The van der Waals surface area contributed by atoms with Crippen LogP contribution in [0.1, 0.15) is 31.2 Å². The van der Waals surface area contributed by atoms with E-state index in [1.54, 1.807) is 0 Å². The molecule has 1 aromatic rings. The Morgan fingerprint density at radius 1 is 1.42 bits per heavy atom. The molecule has 19 heavy (non-hydrogen) atoms. The number of anilines is 1. The van der Waals surface area contributed by atoms with Crippen molar-refractivity contribution in [1.29, 1.82) is 5.26 Å². The van der Waals surface area contributed by atoms with E-state index in [1.165, 1.54) is 37.9 Å². The summed E-state index contributed by atoms with van der Waals surface area (Å²) in [6, 6.07) is 3.52. The summed E-state index contributed by atoms with van der Waals surface area (Å²) in [5.74, 6) is 1.46. The number of hydrogen-bond donors (Lipinski definition) is 1. The zero-order chi connectivity index (χ0) is 13.4. The van der Waals surface area contributed by atoms with Crippen molar-refractivity contribution in [1.82, 2.24) is 4.98 Å². The minimum Gasteiger partial charge on any atom is -0.361 e. The fourth-order valence-electron chi connectivity index (χ4n) is 2.52. The summed E-state index contributed by atoms with van der Waals surface area (Å²) in [6.45, 7) is 0. The molecule has 0 aliphatic heterocycles. The first-order valence-corrected chi connectivity index (χ1v) is 6.50. The monoisotopic (exact) mass is 258 g/mol. The fraction of sp³-hybridized carbons (Fsp3) is 0.538. The van der Waals surface area contributed by atoms with Gasteiger partial charge in [0.15, 0.2) is 0 Å². The minimum atomic E-state index is -0.523. The smallest absolute Gasteiger partial charge is 0.328 e. The summed E-state index contributed by atoms with van der Waals surface area (Å²) in [7, 11) is 0. The molecular weight excluding hydrogens is 244 g/mol. The summed E-state index contributed by atoms with van der Waals surface area (Å²) in [6.07, 6.45) is 6.17. The highest BCUT2D eigenvalue weighted by Crippen LogP contribution is 2.46. The zero-order valence-corrected chi connectivity index (χ0v) is 10.4. The standard InChI is InChI=1S/C13H14N4O2/c14-7-10-5-6-15-13(12(10)17(18)19)16-11(8-1-2-8)9-3-4-9/h5-6,8-9,11H,1-4H2,(H,15,16). The van der Waals surface area contributed by atoms with Gasteiger partial charge in [0.25, 0.3) is 0 Å². The number of rotatable bonds is 5. The molecular formula is C13H14N4O2. The van der Waals surface area contributed by atoms with Gasteiger partial charge in [0.2, 0.25) is 5.82 Å².